The Bertz CT molecular complexity index is 811. The molecule has 1 aromatic heterocycles. The van der Waals surface area contributed by atoms with Gasteiger partial charge in [-0.05, 0) is 18.8 Å². The van der Waals surface area contributed by atoms with Crippen molar-refractivity contribution in [2.24, 2.45) is 11.7 Å². The first-order valence-electron chi connectivity index (χ1n) is 11.6. The quantitative estimate of drug-likeness (QED) is 0.474. The lowest BCUT2D eigenvalue weighted by atomic mass is 9.95. The SMILES string of the molecule is COCCCNc1nc(C(C)(C)C)ncc1C(=O)N(CC(C)C)[C@H]1C[C@@H](N)CN(C(=O)O)C1. The van der Waals surface area contributed by atoms with Crippen LogP contribution < -0.4 is 11.1 Å². The Morgan fingerprint density at radius 2 is 2.06 bits per heavy atom. The molecule has 10 nitrogen and oxygen atoms in total. The first kappa shape index (κ1) is 26.8. The van der Waals surface area contributed by atoms with Crippen LogP contribution in [0.15, 0.2) is 6.20 Å². The van der Waals surface area contributed by atoms with Crippen LogP contribution in [0.2, 0.25) is 0 Å². The summed E-state index contributed by atoms with van der Waals surface area (Å²) in [5.41, 5.74) is 6.26. The lowest BCUT2D eigenvalue weighted by molar-refractivity contribution is 0.0477. The summed E-state index contributed by atoms with van der Waals surface area (Å²) < 4.78 is 5.12. The van der Waals surface area contributed by atoms with Crippen LogP contribution in [0.4, 0.5) is 10.6 Å². The third-order valence-corrected chi connectivity index (χ3v) is 5.50. The fourth-order valence-corrected chi connectivity index (χ4v) is 3.90. The standard InChI is InChI=1S/C23H40N6O4/c1-15(2)12-29(17-10-16(24)13-28(14-17)22(31)32)20(30)18-11-26-21(23(3,4)5)27-19(18)25-8-7-9-33-6/h11,15-17H,7-10,12-14,24H2,1-6H3,(H,31,32)(H,25,26,27)/t16-,17+/m1/s1. The molecular formula is C23H40N6O4. The van der Waals surface area contributed by atoms with E-state index in [4.69, 9.17) is 10.5 Å². The molecular weight excluding hydrogens is 424 g/mol. The zero-order valence-electron chi connectivity index (χ0n) is 20.8. The molecule has 0 bridgehead atoms. The Kier molecular flexibility index (Phi) is 9.42. The molecule has 4 N–H and O–H groups in total. The molecule has 0 aliphatic carbocycles. The Balaban J connectivity index is 2.40. The number of amides is 2. The van der Waals surface area contributed by atoms with E-state index < -0.39 is 6.09 Å². The molecule has 1 fully saturated rings. The number of carbonyl (C=O) groups is 2. The van der Waals surface area contributed by atoms with Crippen LogP contribution >= 0.6 is 0 Å². The molecule has 1 aliphatic heterocycles. The van der Waals surface area contributed by atoms with Crippen LogP contribution in [0.25, 0.3) is 0 Å². The van der Waals surface area contributed by atoms with E-state index in [1.165, 1.54) is 4.90 Å². The van der Waals surface area contributed by atoms with Crippen LogP contribution in [0.1, 0.15) is 63.6 Å². The molecule has 1 aliphatic rings. The summed E-state index contributed by atoms with van der Waals surface area (Å²) in [6.45, 7) is 12.3. The highest BCUT2D eigenvalue weighted by Crippen LogP contribution is 2.25. The molecule has 33 heavy (non-hydrogen) atoms. The summed E-state index contributed by atoms with van der Waals surface area (Å²) >= 11 is 0. The van der Waals surface area contributed by atoms with Gasteiger partial charge >= 0.3 is 6.09 Å². The highest BCUT2D eigenvalue weighted by Gasteiger charge is 2.35. The maximum absolute atomic E-state index is 13.8. The second-order valence-corrected chi connectivity index (χ2v) is 10.2. The van der Waals surface area contributed by atoms with Crippen molar-refractivity contribution in [3.8, 4) is 0 Å². The third-order valence-electron chi connectivity index (χ3n) is 5.50. The zero-order chi connectivity index (χ0) is 24.8. The first-order valence-corrected chi connectivity index (χ1v) is 11.6. The van der Waals surface area contributed by atoms with Gasteiger partial charge in [0.25, 0.3) is 5.91 Å². The van der Waals surface area contributed by atoms with Gasteiger partial charge in [-0.1, -0.05) is 34.6 Å². The highest BCUT2D eigenvalue weighted by atomic mass is 16.5. The van der Waals surface area contributed by atoms with Gasteiger partial charge in [0.05, 0.1) is 6.04 Å². The van der Waals surface area contributed by atoms with Gasteiger partial charge in [-0.15, -0.1) is 0 Å². The fourth-order valence-electron chi connectivity index (χ4n) is 3.90. The fraction of sp³-hybridized carbons (Fsp3) is 0.739. The van der Waals surface area contributed by atoms with Crippen molar-refractivity contribution in [1.29, 1.82) is 0 Å². The lowest BCUT2D eigenvalue weighted by Crippen LogP contribution is -2.58. The molecule has 2 heterocycles. The Morgan fingerprint density at radius 3 is 2.64 bits per heavy atom. The number of nitrogens with zero attached hydrogens (tertiary/aromatic N) is 4. The summed E-state index contributed by atoms with van der Waals surface area (Å²) in [4.78, 5) is 37.6. The smallest absolute Gasteiger partial charge is 0.407 e. The van der Waals surface area contributed by atoms with Crippen molar-refractivity contribution in [3.63, 3.8) is 0 Å². The van der Waals surface area contributed by atoms with Crippen LogP contribution in [0.3, 0.4) is 0 Å². The number of hydrogen-bond donors (Lipinski definition) is 3. The number of anilines is 1. The summed E-state index contributed by atoms with van der Waals surface area (Å²) in [5, 5.41) is 12.8. The normalized spacial score (nSPS) is 19.0. The molecule has 0 radical (unpaired) electrons. The number of ether oxygens (including phenoxy) is 1. The molecule has 10 heteroatoms. The third kappa shape index (κ3) is 7.53. The topological polar surface area (TPSA) is 134 Å². The van der Waals surface area contributed by atoms with Gasteiger partial charge in [0.15, 0.2) is 0 Å². The van der Waals surface area contributed by atoms with Crippen molar-refractivity contribution in [2.45, 2.75) is 65.0 Å². The number of piperidine rings is 1. The molecule has 2 atom stereocenters. The number of carboxylic acid groups (broad SMARTS) is 1. The van der Waals surface area contributed by atoms with E-state index in [0.29, 0.717) is 43.3 Å². The Labute approximate surface area is 196 Å². The van der Waals surface area contributed by atoms with Crippen LogP contribution in [-0.2, 0) is 10.2 Å². The van der Waals surface area contributed by atoms with Gasteiger partial charge in [0.1, 0.15) is 17.2 Å². The number of methoxy groups -OCH3 is 1. The second kappa shape index (κ2) is 11.6. The largest absolute Gasteiger partial charge is 0.465 e. The molecule has 0 unspecified atom stereocenters. The Morgan fingerprint density at radius 1 is 1.36 bits per heavy atom. The van der Waals surface area contributed by atoms with Gasteiger partial charge in [-0.3, -0.25) is 4.79 Å². The number of aromatic nitrogens is 2. The van der Waals surface area contributed by atoms with Gasteiger partial charge in [0.2, 0.25) is 0 Å². The van der Waals surface area contributed by atoms with E-state index >= 15 is 0 Å². The van der Waals surface area contributed by atoms with Crippen molar-refractivity contribution in [1.82, 2.24) is 19.8 Å². The first-order chi connectivity index (χ1) is 15.4. The summed E-state index contributed by atoms with van der Waals surface area (Å²) in [6.07, 6.45) is 1.87. The maximum Gasteiger partial charge on any atom is 0.407 e. The van der Waals surface area contributed by atoms with Crippen molar-refractivity contribution in [2.75, 3.05) is 45.2 Å². The molecule has 1 aromatic rings. The second-order valence-electron chi connectivity index (χ2n) is 10.2. The molecule has 0 aromatic carbocycles. The van der Waals surface area contributed by atoms with Crippen LogP contribution in [0, 0.1) is 5.92 Å². The van der Waals surface area contributed by atoms with Gasteiger partial charge in [-0.25, -0.2) is 14.8 Å². The molecule has 2 rings (SSSR count). The Hall–Kier alpha value is -2.46. The minimum atomic E-state index is -1.02. The van der Waals surface area contributed by atoms with E-state index in [0.717, 1.165) is 6.42 Å². The summed E-state index contributed by atoms with van der Waals surface area (Å²) in [5.74, 6) is 1.10. The number of hydrogen-bond acceptors (Lipinski definition) is 7. The molecule has 186 valence electrons. The number of nitrogens with two attached hydrogens (primary N) is 1. The van der Waals surface area contributed by atoms with E-state index in [1.54, 1.807) is 18.2 Å². The van der Waals surface area contributed by atoms with Gasteiger partial charge < -0.3 is 30.7 Å². The van der Waals surface area contributed by atoms with Crippen molar-refractivity contribution < 1.29 is 19.4 Å². The van der Waals surface area contributed by atoms with E-state index in [-0.39, 0.29) is 42.4 Å². The van der Waals surface area contributed by atoms with Crippen LogP contribution in [0.5, 0.6) is 0 Å². The summed E-state index contributed by atoms with van der Waals surface area (Å²) in [6, 6.07) is -0.642. The lowest BCUT2D eigenvalue weighted by Gasteiger charge is -2.41. The molecule has 1 saturated heterocycles. The maximum atomic E-state index is 13.8. The van der Waals surface area contributed by atoms with E-state index in [9.17, 15) is 14.7 Å². The van der Waals surface area contributed by atoms with Gasteiger partial charge in [-0.2, -0.15) is 0 Å². The summed E-state index contributed by atoms with van der Waals surface area (Å²) in [7, 11) is 1.65. The molecule has 0 saturated carbocycles. The molecule has 2 amide bonds. The van der Waals surface area contributed by atoms with Crippen molar-refractivity contribution >= 4 is 17.8 Å². The minimum absolute atomic E-state index is 0.193. The number of likely N-dealkylation sites (tertiary alicyclic amines) is 1. The zero-order valence-corrected chi connectivity index (χ0v) is 20.8. The van der Waals surface area contributed by atoms with E-state index in [1.807, 2.05) is 34.6 Å². The number of nitrogens with one attached hydrogen (secondary N) is 1. The predicted octanol–water partition coefficient (Wildman–Crippen LogP) is 2.40. The minimum Gasteiger partial charge on any atom is -0.465 e. The number of rotatable bonds is 9. The van der Waals surface area contributed by atoms with Gasteiger partial charge in [0, 0.05) is 57.5 Å². The highest BCUT2D eigenvalue weighted by molar-refractivity contribution is 5.98. The average Bonchev–Trinajstić information content (AvgIpc) is 2.73. The average molecular weight is 465 g/mol. The number of carbonyl (C=O) groups excluding carboxylic acids is 1. The van der Waals surface area contributed by atoms with Crippen LogP contribution in [-0.4, -0.2) is 88.9 Å². The van der Waals surface area contributed by atoms with E-state index in [2.05, 4.69) is 15.3 Å². The monoisotopic (exact) mass is 464 g/mol. The molecule has 0 spiro atoms. The van der Waals surface area contributed by atoms with Crippen molar-refractivity contribution in [3.05, 3.63) is 17.6 Å². The predicted molar refractivity (Wildman–Crippen MR) is 128 cm³/mol.